The first kappa shape index (κ1) is 13.6. The molecule has 0 saturated carbocycles. The van der Waals surface area contributed by atoms with Gasteiger partial charge in [-0.1, -0.05) is 30.3 Å². The van der Waals surface area contributed by atoms with Gasteiger partial charge in [0, 0.05) is 5.54 Å². The second-order valence-corrected chi connectivity index (χ2v) is 5.21. The Labute approximate surface area is 113 Å². The van der Waals surface area contributed by atoms with Crippen LogP contribution in [0.5, 0.6) is 11.5 Å². The molecule has 0 aliphatic rings. The molecule has 2 aromatic rings. The van der Waals surface area contributed by atoms with Crippen molar-refractivity contribution in [2.75, 3.05) is 0 Å². The highest BCUT2D eigenvalue weighted by atomic mass is 16.5. The Morgan fingerprint density at radius 1 is 0.947 bits per heavy atom. The molecule has 2 aromatic carbocycles. The maximum Gasteiger partial charge on any atom is 0.127 e. The van der Waals surface area contributed by atoms with Crippen LogP contribution in [0, 0.1) is 0 Å². The first-order valence-corrected chi connectivity index (χ1v) is 6.26. The molecule has 0 aromatic heterocycles. The highest BCUT2D eigenvalue weighted by molar-refractivity contribution is 5.34. The van der Waals surface area contributed by atoms with Gasteiger partial charge in [0.1, 0.15) is 11.5 Å². The Bertz CT molecular complexity index is 515. The van der Waals surface area contributed by atoms with Crippen LogP contribution < -0.4 is 10.5 Å². The van der Waals surface area contributed by atoms with Gasteiger partial charge in [-0.3, -0.25) is 0 Å². The molecule has 1 unspecified atom stereocenters. The van der Waals surface area contributed by atoms with Gasteiger partial charge in [0.15, 0.2) is 0 Å². The summed E-state index contributed by atoms with van der Waals surface area (Å²) in [5, 5.41) is 10.1. The van der Waals surface area contributed by atoms with Crippen molar-refractivity contribution in [2.45, 2.75) is 25.5 Å². The fraction of sp³-hybridized carbons (Fsp3) is 0.250. The van der Waals surface area contributed by atoms with Crippen LogP contribution >= 0.6 is 0 Å². The Hall–Kier alpha value is -1.84. The van der Waals surface area contributed by atoms with E-state index in [9.17, 15) is 5.11 Å². The molecule has 100 valence electrons. The number of aliphatic hydroxyl groups excluding tert-OH is 1. The SMILES string of the molecule is CC(C)(N)C(O)c1ccc(Oc2ccccc2)cc1. The first-order chi connectivity index (χ1) is 8.97. The summed E-state index contributed by atoms with van der Waals surface area (Å²) in [4.78, 5) is 0. The molecule has 0 fully saturated rings. The van der Waals surface area contributed by atoms with Crippen LogP contribution in [0.15, 0.2) is 54.6 Å². The molecule has 3 nitrogen and oxygen atoms in total. The maximum absolute atomic E-state index is 10.1. The summed E-state index contributed by atoms with van der Waals surface area (Å²) in [6.45, 7) is 3.60. The zero-order chi connectivity index (χ0) is 13.9. The van der Waals surface area contributed by atoms with Crippen LogP contribution in [0.1, 0.15) is 25.5 Å². The lowest BCUT2D eigenvalue weighted by Crippen LogP contribution is -2.39. The molecule has 3 N–H and O–H groups in total. The molecule has 0 radical (unpaired) electrons. The number of benzene rings is 2. The smallest absolute Gasteiger partial charge is 0.127 e. The molecule has 2 rings (SSSR count). The van der Waals surface area contributed by atoms with Crippen LogP contribution in [0.25, 0.3) is 0 Å². The van der Waals surface area contributed by atoms with Gasteiger partial charge in [0.05, 0.1) is 6.10 Å². The number of nitrogens with two attached hydrogens (primary N) is 1. The average Bonchev–Trinajstić information content (AvgIpc) is 2.39. The Balaban J connectivity index is 2.11. The minimum Gasteiger partial charge on any atom is -0.457 e. The van der Waals surface area contributed by atoms with E-state index in [1.54, 1.807) is 13.8 Å². The van der Waals surface area contributed by atoms with E-state index in [1.807, 2.05) is 54.6 Å². The second kappa shape index (κ2) is 5.43. The lowest BCUT2D eigenvalue weighted by molar-refractivity contribution is 0.104. The zero-order valence-corrected chi connectivity index (χ0v) is 11.2. The molecule has 1 atom stereocenters. The number of hydrogen-bond donors (Lipinski definition) is 2. The molecule has 0 aliphatic carbocycles. The number of aliphatic hydroxyl groups is 1. The molecule has 0 spiro atoms. The quantitative estimate of drug-likeness (QED) is 0.884. The van der Waals surface area contributed by atoms with E-state index in [0.717, 1.165) is 17.1 Å². The molecule has 0 amide bonds. The van der Waals surface area contributed by atoms with E-state index in [0.29, 0.717) is 0 Å². The number of rotatable bonds is 4. The topological polar surface area (TPSA) is 55.5 Å². The summed E-state index contributed by atoms with van der Waals surface area (Å²) >= 11 is 0. The van der Waals surface area contributed by atoms with Gasteiger partial charge in [0.2, 0.25) is 0 Å². The third kappa shape index (κ3) is 3.56. The Morgan fingerprint density at radius 2 is 1.47 bits per heavy atom. The molecular formula is C16H19NO2. The second-order valence-electron chi connectivity index (χ2n) is 5.21. The highest BCUT2D eigenvalue weighted by Crippen LogP contribution is 2.27. The van der Waals surface area contributed by atoms with Crippen LogP contribution in [-0.2, 0) is 0 Å². The molecule has 0 heterocycles. The Morgan fingerprint density at radius 3 is 2.00 bits per heavy atom. The molecule has 0 bridgehead atoms. The minimum atomic E-state index is -0.696. The van der Waals surface area contributed by atoms with Crippen molar-refractivity contribution in [1.82, 2.24) is 0 Å². The van der Waals surface area contributed by atoms with Crippen LogP contribution in [0.2, 0.25) is 0 Å². The van der Waals surface area contributed by atoms with Gasteiger partial charge in [-0.25, -0.2) is 0 Å². The average molecular weight is 257 g/mol. The molecular weight excluding hydrogens is 238 g/mol. The fourth-order valence-electron chi connectivity index (χ4n) is 1.77. The zero-order valence-electron chi connectivity index (χ0n) is 11.2. The normalized spacial score (nSPS) is 13.1. The summed E-state index contributed by atoms with van der Waals surface area (Å²) in [6.07, 6.45) is -0.696. The summed E-state index contributed by atoms with van der Waals surface area (Å²) in [7, 11) is 0. The third-order valence-electron chi connectivity index (χ3n) is 2.88. The van der Waals surface area contributed by atoms with E-state index in [1.165, 1.54) is 0 Å². The summed E-state index contributed by atoms with van der Waals surface area (Å²) in [6, 6.07) is 16.9. The summed E-state index contributed by atoms with van der Waals surface area (Å²) in [5.41, 5.74) is 6.01. The predicted octanol–water partition coefficient (Wildman–Crippen LogP) is 3.25. The fourth-order valence-corrected chi connectivity index (χ4v) is 1.77. The van der Waals surface area contributed by atoms with Crippen LogP contribution in [0.4, 0.5) is 0 Å². The molecule has 0 saturated heterocycles. The number of hydrogen-bond acceptors (Lipinski definition) is 3. The van der Waals surface area contributed by atoms with Crippen molar-refractivity contribution in [3.05, 3.63) is 60.2 Å². The molecule has 3 heteroatoms. The maximum atomic E-state index is 10.1. The standard InChI is InChI=1S/C16H19NO2/c1-16(2,17)15(18)12-8-10-14(11-9-12)19-13-6-4-3-5-7-13/h3-11,15,18H,17H2,1-2H3. The lowest BCUT2D eigenvalue weighted by atomic mass is 9.92. The van der Waals surface area contributed by atoms with Crippen molar-refractivity contribution in [3.8, 4) is 11.5 Å². The van der Waals surface area contributed by atoms with Crippen molar-refractivity contribution >= 4 is 0 Å². The van der Waals surface area contributed by atoms with Crippen LogP contribution in [-0.4, -0.2) is 10.6 Å². The van der Waals surface area contributed by atoms with E-state index >= 15 is 0 Å². The monoisotopic (exact) mass is 257 g/mol. The van der Waals surface area contributed by atoms with Gasteiger partial charge in [-0.05, 0) is 43.7 Å². The lowest BCUT2D eigenvalue weighted by Gasteiger charge is -2.26. The number of ether oxygens (including phenoxy) is 1. The van der Waals surface area contributed by atoms with E-state index < -0.39 is 11.6 Å². The summed E-state index contributed by atoms with van der Waals surface area (Å²) in [5.74, 6) is 1.52. The highest BCUT2D eigenvalue weighted by Gasteiger charge is 2.24. The van der Waals surface area contributed by atoms with E-state index in [-0.39, 0.29) is 0 Å². The number of para-hydroxylation sites is 1. The Kier molecular flexibility index (Phi) is 3.88. The van der Waals surface area contributed by atoms with Gasteiger partial charge >= 0.3 is 0 Å². The van der Waals surface area contributed by atoms with Gasteiger partial charge < -0.3 is 15.6 Å². The van der Waals surface area contributed by atoms with Crippen LogP contribution in [0.3, 0.4) is 0 Å². The third-order valence-corrected chi connectivity index (χ3v) is 2.88. The van der Waals surface area contributed by atoms with E-state index in [4.69, 9.17) is 10.5 Å². The van der Waals surface area contributed by atoms with Crippen molar-refractivity contribution in [2.24, 2.45) is 5.73 Å². The first-order valence-electron chi connectivity index (χ1n) is 6.26. The van der Waals surface area contributed by atoms with Gasteiger partial charge in [-0.15, -0.1) is 0 Å². The predicted molar refractivity (Wildman–Crippen MR) is 76.2 cm³/mol. The van der Waals surface area contributed by atoms with Crippen molar-refractivity contribution in [1.29, 1.82) is 0 Å². The molecule has 19 heavy (non-hydrogen) atoms. The largest absolute Gasteiger partial charge is 0.457 e. The molecule has 0 aliphatic heterocycles. The van der Waals surface area contributed by atoms with E-state index in [2.05, 4.69) is 0 Å². The minimum absolute atomic E-state index is 0.665. The van der Waals surface area contributed by atoms with Crippen molar-refractivity contribution in [3.63, 3.8) is 0 Å². The van der Waals surface area contributed by atoms with Gasteiger partial charge in [0.25, 0.3) is 0 Å². The van der Waals surface area contributed by atoms with Gasteiger partial charge in [-0.2, -0.15) is 0 Å². The van der Waals surface area contributed by atoms with Crippen molar-refractivity contribution < 1.29 is 9.84 Å². The summed E-state index contributed by atoms with van der Waals surface area (Å²) < 4.78 is 5.69.